The van der Waals surface area contributed by atoms with Crippen molar-refractivity contribution in [2.45, 2.75) is 6.43 Å². The summed E-state index contributed by atoms with van der Waals surface area (Å²) in [4.78, 5) is 3.43. The van der Waals surface area contributed by atoms with Crippen LogP contribution in [0.25, 0.3) is 0 Å². The van der Waals surface area contributed by atoms with Gasteiger partial charge in [-0.3, -0.25) is 0 Å². The number of aromatic nitrogens is 1. The monoisotopic (exact) mass is 303 g/mol. The fourth-order valence-corrected chi connectivity index (χ4v) is 1.24. The van der Waals surface area contributed by atoms with Gasteiger partial charge in [-0.25, -0.2) is 18.2 Å². The highest BCUT2D eigenvalue weighted by molar-refractivity contribution is 14.1. The number of hydrogen-bond acceptors (Lipinski definition) is 2. The fourth-order valence-electron chi connectivity index (χ4n) is 0.741. The molecule has 1 heterocycles. The lowest BCUT2D eigenvalue weighted by molar-refractivity contribution is 0.144. The second kappa shape index (κ2) is 4.12. The van der Waals surface area contributed by atoms with E-state index in [2.05, 4.69) is 9.72 Å². The molecule has 0 atom stereocenters. The molecule has 0 aliphatic carbocycles. The maximum Gasteiger partial charge on any atom is 0.280 e. The van der Waals surface area contributed by atoms with E-state index in [0.717, 1.165) is 0 Å². The molecule has 13 heavy (non-hydrogen) atoms. The molecule has 0 saturated carbocycles. The van der Waals surface area contributed by atoms with Crippen molar-refractivity contribution in [3.05, 3.63) is 21.1 Å². The van der Waals surface area contributed by atoms with Crippen LogP contribution in [0.5, 0.6) is 5.88 Å². The SMILES string of the molecule is COc1nc(C(F)F)cc(F)c1I. The highest BCUT2D eigenvalue weighted by atomic mass is 127. The van der Waals surface area contributed by atoms with Crippen molar-refractivity contribution < 1.29 is 17.9 Å². The Hall–Kier alpha value is -0.530. The standard InChI is InChI=1S/C7H5F3INO/c1-13-7-5(11)3(8)2-4(12-7)6(9)10/h2,6H,1H3. The van der Waals surface area contributed by atoms with Crippen LogP contribution in [0.2, 0.25) is 0 Å². The zero-order valence-corrected chi connectivity index (χ0v) is 8.68. The lowest BCUT2D eigenvalue weighted by atomic mass is 10.3. The van der Waals surface area contributed by atoms with Gasteiger partial charge >= 0.3 is 0 Å². The maximum absolute atomic E-state index is 12.9. The van der Waals surface area contributed by atoms with Crippen molar-refractivity contribution in [3.8, 4) is 5.88 Å². The van der Waals surface area contributed by atoms with Gasteiger partial charge in [-0.15, -0.1) is 0 Å². The van der Waals surface area contributed by atoms with E-state index >= 15 is 0 Å². The minimum Gasteiger partial charge on any atom is -0.480 e. The number of halogens is 4. The Morgan fingerprint density at radius 2 is 2.15 bits per heavy atom. The average Bonchev–Trinajstić information content (AvgIpc) is 2.09. The van der Waals surface area contributed by atoms with Gasteiger partial charge < -0.3 is 4.74 Å². The van der Waals surface area contributed by atoms with Gasteiger partial charge in [0, 0.05) is 6.07 Å². The van der Waals surface area contributed by atoms with Gasteiger partial charge in [-0.2, -0.15) is 0 Å². The zero-order chi connectivity index (χ0) is 10.0. The molecule has 0 unspecified atom stereocenters. The molecule has 2 nitrogen and oxygen atoms in total. The summed E-state index contributed by atoms with van der Waals surface area (Å²) in [5.41, 5.74) is -0.616. The number of methoxy groups -OCH3 is 1. The minimum atomic E-state index is -2.79. The number of pyridine rings is 1. The predicted molar refractivity (Wildman–Crippen MR) is 48.4 cm³/mol. The lowest BCUT2D eigenvalue weighted by Crippen LogP contribution is -1.99. The van der Waals surface area contributed by atoms with Crippen molar-refractivity contribution in [2.24, 2.45) is 0 Å². The Balaban J connectivity index is 3.22. The minimum absolute atomic E-state index is 0.101. The van der Waals surface area contributed by atoms with E-state index in [9.17, 15) is 13.2 Å². The smallest absolute Gasteiger partial charge is 0.280 e. The molecule has 1 aromatic rings. The van der Waals surface area contributed by atoms with Gasteiger partial charge in [0.25, 0.3) is 6.43 Å². The normalized spacial score (nSPS) is 10.6. The topological polar surface area (TPSA) is 22.1 Å². The highest BCUT2D eigenvalue weighted by Gasteiger charge is 2.16. The summed E-state index contributed by atoms with van der Waals surface area (Å²) >= 11 is 1.64. The van der Waals surface area contributed by atoms with Crippen LogP contribution in [0, 0.1) is 9.39 Å². The van der Waals surface area contributed by atoms with Crippen LogP contribution in [0.3, 0.4) is 0 Å². The van der Waals surface area contributed by atoms with Gasteiger partial charge in [0.15, 0.2) is 0 Å². The molecule has 0 radical (unpaired) electrons. The third-order valence-corrected chi connectivity index (χ3v) is 2.30. The summed E-state index contributed by atoms with van der Waals surface area (Å²) in [5.74, 6) is -0.862. The molecular formula is C7H5F3INO. The number of alkyl halides is 2. The molecule has 0 aliphatic rings. The van der Waals surface area contributed by atoms with Crippen LogP contribution in [0.1, 0.15) is 12.1 Å². The Bertz CT molecular complexity index is 319. The summed E-state index contributed by atoms with van der Waals surface area (Å²) < 4.78 is 41.9. The van der Waals surface area contributed by atoms with Crippen LogP contribution < -0.4 is 4.74 Å². The summed E-state index contributed by atoms with van der Waals surface area (Å²) in [6.45, 7) is 0. The van der Waals surface area contributed by atoms with E-state index in [1.54, 1.807) is 22.6 Å². The van der Waals surface area contributed by atoms with Crippen LogP contribution >= 0.6 is 22.6 Å². The lowest BCUT2D eigenvalue weighted by Gasteiger charge is -2.05. The van der Waals surface area contributed by atoms with E-state index in [0.29, 0.717) is 6.07 Å². The maximum atomic E-state index is 12.9. The van der Waals surface area contributed by atoms with Crippen molar-refractivity contribution >= 4 is 22.6 Å². The molecule has 0 amide bonds. The first-order valence-electron chi connectivity index (χ1n) is 3.24. The molecule has 0 aliphatic heterocycles. The number of hydrogen-bond donors (Lipinski definition) is 0. The molecule has 0 bridgehead atoms. The highest BCUT2D eigenvalue weighted by Crippen LogP contribution is 2.26. The van der Waals surface area contributed by atoms with Crippen LogP contribution in [-0.4, -0.2) is 12.1 Å². The Kier molecular flexibility index (Phi) is 3.34. The van der Waals surface area contributed by atoms with E-state index in [4.69, 9.17) is 0 Å². The second-order valence-electron chi connectivity index (χ2n) is 2.15. The van der Waals surface area contributed by atoms with Gasteiger partial charge in [0.2, 0.25) is 5.88 Å². The van der Waals surface area contributed by atoms with Gasteiger partial charge in [-0.05, 0) is 22.6 Å². The van der Waals surface area contributed by atoms with E-state index in [-0.39, 0.29) is 9.45 Å². The van der Waals surface area contributed by atoms with Crippen molar-refractivity contribution in [3.63, 3.8) is 0 Å². The largest absolute Gasteiger partial charge is 0.480 e. The van der Waals surface area contributed by atoms with Gasteiger partial charge in [0.1, 0.15) is 15.1 Å². The third kappa shape index (κ3) is 2.23. The Labute approximate surface area is 86.3 Å². The molecule has 0 spiro atoms. The van der Waals surface area contributed by atoms with E-state index in [1.807, 2.05) is 0 Å². The molecule has 6 heteroatoms. The molecule has 1 aromatic heterocycles. The molecule has 0 fully saturated rings. The first-order chi connectivity index (χ1) is 6.06. The molecule has 1 rings (SSSR count). The number of nitrogens with zero attached hydrogens (tertiary/aromatic N) is 1. The van der Waals surface area contributed by atoms with Crippen LogP contribution in [0.4, 0.5) is 13.2 Å². The van der Waals surface area contributed by atoms with Crippen LogP contribution in [0.15, 0.2) is 6.07 Å². The second-order valence-corrected chi connectivity index (χ2v) is 3.23. The van der Waals surface area contributed by atoms with Crippen molar-refractivity contribution in [2.75, 3.05) is 7.11 Å². The van der Waals surface area contributed by atoms with E-state index < -0.39 is 17.9 Å². The number of ether oxygens (including phenoxy) is 1. The molecule has 72 valence electrons. The Morgan fingerprint density at radius 1 is 1.54 bits per heavy atom. The first kappa shape index (κ1) is 10.6. The summed E-state index contributed by atoms with van der Waals surface area (Å²) in [6, 6.07) is 0.703. The van der Waals surface area contributed by atoms with Gasteiger partial charge in [0.05, 0.1) is 7.11 Å². The molecular weight excluding hydrogens is 298 g/mol. The molecule has 0 aromatic carbocycles. The quantitative estimate of drug-likeness (QED) is 0.784. The third-order valence-electron chi connectivity index (χ3n) is 1.32. The fraction of sp³-hybridized carbons (Fsp3) is 0.286. The van der Waals surface area contributed by atoms with Gasteiger partial charge in [-0.1, -0.05) is 0 Å². The zero-order valence-electron chi connectivity index (χ0n) is 6.52. The summed E-state index contributed by atoms with van der Waals surface area (Å²) in [7, 11) is 1.25. The summed E-state index contributed by atoms with van der Waals surface area (Å²) in [5, 5.41) is 0. The Morgan fingerprint density at radius 3 is 2.62 bits per heavy atom. The molecule has 0 saturated heterocycles. The van der Waals surface area contributed by atoms with Crippen molar-refractivity contribution in [1.82, 2.24) is 4.98 Å². The predicted octanol–water partition coefficient (Wildman–Crippen LogP) is 2.77. The summed E-state index contributed by atoms with van der Waals surface area (Å²) in [6.07, 6.45) is -2.79. The van der Waals surface area contributed by atoms with E-state index in [1.165, 1.54) is 7.11 Å². The van der Waals surface area contributed by atoms with Crippen LogP contribution in [-0.2, 0) is 0 Å². The molecule has 0 N–H and O–H groups in total. The average molecular weight is 303 g/mol. The number of rotatable bonds is 2. The van der Waals surface area contributed by atoms with Crippen molar-refractivity contribution in [1.29, 1.82) is 0 Å². The first-order valence-corrected chi connectivity index (χ1v) is 4.32.